The summed E-state index contributed by atoms with van der Waals surface area (Å²) in [6, 6.07) is 19.1. The van der Waals surface area contributed by atoms with Crippen molar-refractivity contribution in [3.05, 3.63) is 77.4 Å². The third-order valence-corrected chi connectivity index (χ3v) is 7.38. The highest BCUT2D eigenvalue weighted by Crippen LogP contribution is 2.40. The molecule has 1 unspecified atom stereocenters. The zero-order chi connectivity index (χ0) is 24.5. The van der Waals surface area contributed by atoms with Gasteiger partial charge in [-0.1, -0.05) is 12.1 Å². The Morgan fingerprint density at radius 2 is 1.80 bits per heavy atom. The molecule has 2 aliphatic heterocycles. The van der Waals surface area contributed by atoms with Crippen molar-refractivity contribution in [2.75, 3.05) is 35.8 Å². The molecule has 0 saturated heterocycles. The van der Waals surface area contributed by atoms with E-state index in [4.69, 9.17) is 4.74 Å². The Labute approximate surface area is 207 Å². The minimum Gasteiger partial charge on any atom is -0.612 e. The largest absolute Gasteiger partial charge is 0.612 e. The van der Waals surface area contributed by atoms with Gasteiger partial charge in [-0.15, -0.1) is 0 Å². The van der Waals surface area contributed by atoms with Crippen molar-refractivity contribution in [3.63, 3.8) is 0 Å². The normalized spacial score (nSPS) is 15.2. The lowest BCUT2D eigenvalue weighted by atomic mass is 10.1. The first-order chi connectivity index (χ1) is 16.9. The summed E-state index contributed by atoms with van der Waals surface area (Å²) in [5.74, 6) is 0.552. The van der Waals surface area contributed by atoms with Gasteiger partial charge < -0.3 is 24.4 Å². The first-order valence-electron chi connectivity index (χ1n) is 11.6. The van der Waals surface area contributed by atoms with Crippen LogP contribution >= 0.6 is 0 Å². The molecule has 0 bridgehead atoms. The minimum absolute atomic E-state index is 0.0634. The van der Waals surface area contributed by atoms with Crippen LogP contribution in [0.5, 0.6) is 5.75 Å². The second-order valence-corrected chi connectivity index (χ2v) is 10.1. The number of carbonyl (C=O) groups excluding carboxylic acids is 2. The van der Waals surface area contributed by atoms with Crippen molar-refractivity contribution >= 4 is 40.1 Å². The molecule has 180 valence electrons. The van der Waals surface area contributed by atoms with Crippen molar-refractivity contribution in [2.45, 2.75) is 24.8 Å². The van der Waals surface area contributed by atoms with Crippen LogP contribution in [0.1, 0.15) is 28.4 Å². The highest BCUT2D eigenvalue weighted by molar-refractivity contribution is 7.90. The van der Waals surface area contributed by atoms with Crippen LogP contribution in [0.25, 0.3) is 0 Å². The van der Waals surface area contributed by atoms with Gasteiger partial charge in [-0.05, 0) is 77.3 Å². The lowest BCUT2D eigenvalue weighted by molar-refractivity contribution is -0.116. The number of carbonyl (C=O) groups is 2. The van der Waals surface area contributed by atoms with Gasteiger partial charge in [0.2, 0.25) is 5.91 Å². The van der Waals surface area contributed by atoms with Crippen molar-refractivity contribution < 1.29 is 18.9 Å². The van der Waals surface area contributed by atoms with E-state index in [9.17, 15) is 14.1 Å². The second-order valence-electron chi connectivity index (χ2n) is 8.70. The lowest BCUT2D eigenvalue weighted by Crippen LogP contribution is -2.29. The Bertz CT molecular complexity index is 1280. The van der Waals surface area contributed by atoms with Crippen LogP contribution < -0.4 is 19.9 Å². The van der Waals surface area contributed by atoms with E-state index in [1.807, 2.05) is 53.4 Å². The Morgan fingerprint density at radius 3 is 2.54 bits per heavy atom. The Balaban J connectivity index is 1.31. The summed E-state index contributed by atoms with van der Waals surface area (Å²) >= 11 is -1.02. The highest BCUT2D eigenvalue weighted by Gasteiger charge is 2.26. The van der Waals surface area contributed by atoms with Gasteiger partial charge >= 0.3 is 0 Å². The fraction of sp³-hybridized carbons (Fsp3) is 0.259. The fourth-order valence-corrected chi connectivity index (χ4v) is 5.12. The molecule has 2 heterocycles. The summed E-state index contributed by atoms with van der Waals surface area (Å²) in [5, 5.41) is 2.94. The molecular formula is C27H27N3O4S. The first-order valence-corrected chi connectivity index (χ1v) is 13.1. The van der Waals surface area contributed by atoms with Crippen LogP contribution in [0.3, 0.4) is 0 Å². The van der Waals surface area contributed by atoms with Crippen LogP contribution in [-0.2, 0) is 28.9 Å². The van der Waals surface area contributed by atoms with E-state index >= 15 is 0 Å². The van der Waals surface area contributed by atoms with Crippen LogP contribution in [0.15, 0.2) is 65.6 Å². The zero-order valence-corrected chi connectivity index (χ0v) is 20.6. The quantitative estimate of drug-likeness (QED) is 0.551. The molecule has 8 heteroatoms. The number of ether oxygens (including phenoxy) is 1. The number of amides is 2. The van der Waals surface area contributed by atoms with E-state index in [-0.39, 0.29) is 11.8 Å². The summed E-state index contributed by atoms with van der Waals surface area (Å²) in [5.41, 5.74) is 5.58. The Morgan fingerprint density at radius 1 is 1.03 bits per heavy atom. The molecule has 5 rings (SSSR count). The molecule has 3 aromatic carbocycles. The van der Waals surface area contributed by atoms with Crippen molar-refractivity contribution in [1.29, 1.82) is 0 Å². The molecular weight excluding hydrogens is 462 g/mol. The number of nitrogens with zero attached hydrogens (tertiary/aromatic N) is 2. The second kappa shape index (κ2) is 9.64. The smallest absolute Gasteiger partial charge is 0.251 e. The van der Waals surface area contributed by atoms with Crippen molar-refractivity contribution in [3.8, 4) is 5.75 Å². The maximum atomic E-state index is 12.8. The third-order valence-electron chi connectivity index (χ3n) is 6.44. The number of hydrogen-bond acceptors (Lipinski definition) is 5. The molecule has 2 aliphatic rings. The van der Waals surface area contributed by atoms with Crippen molar-refractivity contribution in [2.24, 2.45) is 0 Å². The molecule has 0 aromatic heterocycles. The van der Waals surface area contributed by atoms with Gasteiger partial charge in [0.15, 0.2) is 4.90 Å². The predicted octanol–water partition coefficient (Wildman–Crippen LogP) is 3.79. The maximum Gasteiger partial charge on any atom is 0.251 e. The van der Waals surface area contributed by atoms with Crippen LogP contribution in [0.4, 0.5) is 17.1 Å². The van der Waals surface area contributed by atoms with Gasteiger partial charge in [-0.25, -0.2) is 0 Å². The molecule has 0 aliphatic carbocycles. The van der Waals surface area contributed by atoms with E-state index in [0.717, 1.165) is 33.9 Å². The Kier molecular flexibility index (Phi) is 6.40. The number of rotatable bonds is 5. The van der Waals surface area contributed by atoms with Gasteiger partial charge in [0.1, 0.15) is 18.6 Å². The number of hydrogen-bond donors (Lipinski definition) is 1. The van der Waals surface area contributed by atoms with Gasteiger partial charge in [-0.3, -0.25) is 9.59 Å². The Hall–Kier alpha value is -3.49. The first kappa shape index (κ1) is 23.3. The molecule has 0 radical (unpaired) electrons. The van der Waals surface area contributed by atoms with Gasteiger partial charge in [0, 0.05) is 37.0 Å². The molecule has 1 N–H and O–H groups in total. The van der Waals surface area contributed by atoms with E-state index in [1.165, 1.54) is 5.56 Å². The zero-order valence-electron chi connectivity index (χ0n) is 19.7. The number of anilines is 3. The number of benzene rings is 3. The van der Waals surface area contributed by atoms with E-state index in [2.05, 4.69) is 16.3 Å². The van der Waals surface area contributed by atoms with E-state index in [1.54, 1.807) is 19.2 Å². The summed E-state index contributed by atoms with van der Waals surface area (Å²) in [4.78, 5) is 29.4. The van der Waals surface area contributed by atoms with Crippen molar-refractivity contribution in [1.82, 2.24) is 5.32 Å². The molecule has 3 aromatic rings. The molecule has 35 heavy (non-hydrogen) atoms. The number of nitrogens with one attached hydrogen (secondary N) is 1. The van der Waals surface area contributed by atoms with E-state index in [0.29, 0.717) is 37.6 Å². The SMILES string of the molecule is CC(=O)N1CCc2cc(N3CCOc4cc(C(=O)NCc5ccc([S+](C)[O-])cc5)ccc43)ccc21. The van der Waals surface area contributed by atoms with Gasteiger partial charge in [0.05, 0.1) is 12.2 Å². The maximum absolute atomic E-state index is 12.8. The summed E-state index contributed by atoms with van der Waals surface area (Å²) in [6.45, 7) is 3.91. The lowest BCUT2D eigenvalue weighted by Gasteiger charge is -2.32. The fourth-order valence-electron chi connectivity index (χ4n) is 4.60. The van der Waals surface area contributed by atoms with E-state index < -0.39 is 11.2 Å². The molecule has 1 atom stereocenters. The topological polar surface area (TPSA) is 84.9 Å². The summed E-state index contributed by atoms with van der Waals surface area (Å²) in [7, 11) is 0. The molecule has 0 fully saturated rings. The molecule has 7 nitrogen and oxygen atoms in total. The summed E-state index contributed by atoms with van der Waals surface area (Å²) < 4.78 is 17.4. The summed E-state index contributed by atoms with van der Waals surface area (Å²) in [6.07, 6.45) is 2.49. The van der Waals surface area contributed by atoms with Gasteiger partial charge in [-0.2, -0.15) is 0 Å². The molecule has 2 amide bonds. The standard InChI is InChI=1S/C27H27N3O4S/c1-18(31)29-12-11-20-15-22(6-10-24(20)29)30-13-14-34-26-16-21(5-9-25(26)30)27(32)28-17-19-3-7-23(8-4-19)35(2)33/h3-10,15-16H,11-14,17H2,1-2H3,(H,28,32). The highest BCUT2D eigenvalue weighted by atomic mass is 32.2. The molecule has 0 saturated carbocycles. The van der Waals surface area contributed by atoms with Crippen LogP contribution in [-0.4, -0.2) is 42.3 Å². The van der Waals surface area contributed by atoms with Crippen LogP contribution in [0, 0.1) is 0 Å². The number of fused-ring (bicyclic) bond motifs is 2. The van der Waals surface area contributed by atoms with Crippen LogP contribution in [0.2, 0.25) is 0 Å². The predicted molar refractivity (Wildman–Crippen MR) is 137 cm³/mol. The monoisotopic (exact) mass is 489 g/mol. The average molecular weight is 490 g/mol. The molecule has 0 spiro atoms. The average Bonchev–Trinajstić information content (AvgIpc) is 3.30. The third kappa shape index (κ3) is 4.72. The minimum atomic E-state index is -1.02. The van der Waals surface area contributed by atoms with Gasteiger partial charge in [0.25, 0.3) is 5.91 Å².